The largest absolute Gasteiger partial charge is 0.404 e. The molecule has 1 heterocycles. The fourth-order valence-corrected chi connectivity index (χ4v) is 9.02. The second-order valence-corrected chi connectivity index (χ2v) is 13.1. The Morgan fingerprint density at radius 1 is 0.964 bits per heavy atom. The average molecular weight is 399 g/mol. The summed E-state index contributed by atoms with van der Waals surface area (Å²) in [6.07, 6.45) is 3.16. The monoisotopic (exact) mass is 398 g/mol. The third kappa shape index (κ3) is 4.41. The lowest BCUT2D eigenvalue weighted by Crippen LogP contribution is -2.67. The van der Waals surface area contributed by atoms with E-state index in [9.17, 15) is 5.11 Å². The summed E-state index contributed by atoms with van der Waals surface area (Å²) >= 11 is 0. The minimum absolute atomic E-state index is 0.0119. The van der Waals surface area contributed by atoms with Crippen molar-refractivity contribution in [3.63, 3.8) is 0 Å². The van der Waals surface area contributed by atoms with Gasteiger partial charge in [-0.15, -0.1) is 0 Å². The highest BCUT2D eigenvalue weighted by Gasteiger charge is 2.52. The molecule has 0 radical (unpaired) electrons. The van der Waals surface area contributed by atoms with Crippen molar-refractivity contribution in [2.24, 2.45) is 0 Å². The second-order valence-electron chi connectivity index (χ2n) is 8.82. The van der Waals surface area contributed by atoms with Gasteiger partial charge in [0.15, 0.2) is 0 Å². The van der Waals surface area contributed by atoms with Crippen molar-refractivity contribution >= 4 is 18.7 Å². The first-order valence-electron chi connectivity index (χ1n) is 10.5. The molecule has 1 N–H and O–H groups in total. The first kappa shape index (κ1) is 21.3. The maximum atomic E-state index is 9.38. The molecule has 1 aliphatic heterocycles. The lowest BCUT2D eigenvalue weighted by Gasteiger charge is -2.45. The second kappa shape index (κ2) is 8.91. The number of hydrogen-bond donors (Lipinski definition) is 1. The van der Waals surface area contributed by atoms with Crippen molar-refractivity contribution in [2.75, 3.05) is 6.61 Å². The molecule has 0 aromatic heterocycles. The number of rotatable bonds is 9. The van der Waals surface area contributed by atoms with Crippen molar-refractivity contribution in [3.8, 4) is 0 Å². The molecule has 2 aromatic rings. The van der Waals surface area contributed by atoms with E-state index in [1.165, 1.54) is 10.4 Å². The summed E-state index contributed by atoms with van der Waals surface area (Å²) in [4.78, 5) is 0. The summed E-state index contributed by atoms with van der Waals surface area (Å²) in [7, 11) is -2.54. The Labute approximate surface area is 170 Å². The van der Waals surface area contributed by atoms with E-state index in [-0.39, 0.29) is 30.0 Å². The lowest BCUT2D eigenvalue weighted by molar-refractivity contribution is 0.154. The molecule has 3 rings (SSSR count). The van der Waals surface area contributed by atoms with Crippen molar-refractivity contribution in [2.45, 2.75) is 70.3 Å². The number of aliphatic hydroxyl groups excluding tert-OH is 1. The molecule has 152 valence electrons. The molecule has 3 atom stereocenters. The van der Waals surface area contributed by atoms with E-state index >= 15 is 0 Å². The highest BCUT2D eigenvalue weighted by Crippen LogP contribution is 2.39. The van der Waals surface area contributed by atoms with Crippen LogP contribution >= 0.6 is 0 Å². The highest BCUT2D eigenvalue weighted by atomic mass is 28.4. The number of hydrogen-bond acceptors (Lipinski definition) is 3. The standard InChI is InChI=1S/C24H34O3Si/c1-5-12-19(17-22-23(18-25)26-22)27-28(24(2,3)4,20-13-8-6-9-14-20)21-15-10-7-11-16-21/h6-11,13-16,19,22-23,25H,5,12,17-18H2,1-4H3/t19-,22+,23-/m1/s1. The molecular weight excluding hydrogens is 364 g/mol. The van der Waals surface area contributed by atoms with Crippen molar-refractivity contribution in [1.82, 2.24) is 0 Å². The Morgan fingerprint density at radius 2 is 1.50 bits per heavy atom. The van der Waals surface area contributed by atoms with Crippen LogP contribution in [0.15, 0.2) is 60.7 Å². The molecule has 0 unspecified atom stereocenters. The van der Waals surface area contributed by atoms with Crippen LogP contribution in [0.1, 0.15) is 47.0 Å². The van der Waals surface area contributed by atoms with E-state index in [0.717, 1.165) is 19.3 Å². The Kier molecular flexibility index (Phi) is 6.76. The van der Waals surface area contributed by atoms with Gasteiger partial charge in [-0.05, 0) is 21.8 Å². The summed E-state index contributed by atoms with van der Waals surface area (Å²) in [5, 5.41) is 12.0. The summed E-state index contributed by atoms with van der Waals surface area (Å²) in [6, 6.07) is 21.6. The minimum atomic E-state index is -2.54. The average Bonchev–Trinajstić information content (AvgIpc) is 3.44. The first-order chi connectivity index (χ1) is 13.4. The van der Waals surface area contributed by atoms with E-state index in [1.807, 2.05) is 0 Å². The van der Waals surface area contributed by atoms with E-state index in [2.05, 4.69) is 88.4 Å². The van der Waals surface area contributed by atoms with Gasteiger partial charge in [-0.1, -0.05) is 94.8 Å². The SMILES string of the molecule is CCC[C@H](C[C@@H]1O[C@@H]1CO)O[Si](c1ccccc1)(c1ccccc1)C(C)(C)C. The van der Waals surface area contributed by atoms with Gasteiger partial charge in [-0.2, -0.15) is 0 Å². The van der Waals surface area contributed by atoms with Crippen LogP contribution in [0, 0.1) is 0 Å². The number of aliphatic hydroxyl groups is 1. The Hall–Kier alpha value is -1.46. The molecule has 0 bridgehead atoms. The van der Waals surface area contributed by atoms with Crippen LogP contribution in [-0.4, -0.2) is 38.3 Å². The fraction of sp³-hybridized carbons (Fsp3) is 0.500. The maximum absolute atomic E-state index is 9.38. The van der Waals surface area contributed by atoms with E-state index in [1.54, 1.807) is 0 Å². The summed E-state index contributed by atoms with van der Waals surface area (Å²) in [5.41, 5.74) is 0. The molecule has 3 nitrogen and oxygen atoms in total. The van der Waals surface area contributed by atoms with Crippen LogP contribution < -0.4 is 10.4 Å². The lowest BCUT2D eigenvalue weighted by atomic mass is 10.1. The zero-order chi connectivity index (χ0) is 20.2. The summed E-state index contributed by atoms with van der Waals surface area (Å²) < 4.78 is 12.9. The van der Waals surface area contributed by atoms with Crippen LogP contribution in [0.4, 0.5) is 0 Å². The van der Waals surface area contributed by atoms with Crippen LogP contribution in [0.25, 0.3) is 0 Å². The number of epoxide rings is 1. The Balaban J connectivity index is 2.04. The molecule has 1 aliphatic rings. The van der Waals surface area contributed by atoms with Crippen LogP contribution in [-0.2, 0) is 9.16 Å². The van der Waals surface area contributed by atoms with Gasteiger partial charge in [0.25, 0.3) is 8.32 Å². The van der Waals surface area contributed by atoms with E-state index < -0.39 is 8.32 Å². The van der Waals surface area contributed by atoms with Gasteiger partial charge >= 0.3 is 0 Å². The van der Waals surface area contributed by atoms with Gasteiger partial charge in [0.2, 0.25) is 0 Å². The maximum Gasteiger partial charge on any atom is 0.261 e. The third-order valence-electron chi connectivity index (χ3n) is 5.73. The van der Waals surface area contributed by atoms with Gasteiger partial charge in [0.1, 0.15) is 6.10 Å². The Bertz CT molecular complexity index is 687. The first-order valence-corrected chi connectivity index (χ1v) is 12.4. The van der Waals surface area contributed by atoms with Gasteiger partial charge in [0.05, 0.1) is 12.7 Å². The predicted octanol–water partition coefficient (Wildman–Crippen LogP) is 3.88. The molecule has 1 fully saturated rings. The third-order valence-corrected chi connectivity index (χ3v) is 10.8. The zero-order valence-corrected chi connectivity index (χ0v) is 18.6. The minimum Gasteiger partial charge on any atom is -0.404 e. The molecular formula is C24H34O3Si. The molecule has 0 aliphatic carbocycles. The molecule has 2 aromatic carbocycles. The highest BCUT2D eigenvalue weighted by molar-refractivity contribution is 6.99. The van der Waals surface area contributed by atoms with Crippen molar-refractivity contribution in [1.29, 1.82) is 0 Å². The number of benzene rings is 2. The molecule has 0 saturated carbocycles. The Morgan fingerprint density at radius 3 is 1.89 bits per heavy atom. The van der Waals surface area contributed by atoms with Gasteiger partial charge < -0.3 is 14.3 Å². The number of ether oxygens (including phenoxy) is 1. The predicted molar refractivity (Wildman–Crippen MR) is 118 cm³/mol. The van der Waals surface area contributed by atoms with Crippen LogP contribution in [0.5, 0.6) is 0 Å². The molecule has 0 spiro atoms. The van der Waals surface area contributed by atoms with Gasteiger partial charge in [0, 0.05) is 12.5 Å². The molecule has 1 saturated heterocycles. The van der Waals surface area contributed by atoms with Crippen LogP contribution in [0.2, 0.25) is 5.04 Å². The quantitative estimate of drug-likeness (QED) is 0.515. The van der Waals surface area contributed by atoms with Gasteiger partial charge in [-0.25, -0.2) is 0 Å². The normalized spacial score (nSPS) is 20.8. The van der Waals surface area contributed by atoms with Crippen molar-refractivity contribution in [3.05, 3.63) is 60.7 Å². The fourth-order valence-electron chi connectivity index (χ4n) is 4.29. The molecule has 4 heteroatoms. The van der Waals surface area contributed by atoms with Gasteiger partial charge in [-0.3, -0.25) is 0 Å². The summed E-state index contributed by atoms with van der Waals surface area (Å²) in [6.45, 7) is 9.24. The van der Waals surface area contributed by atoms with E-state index in [4.69, 9.17) is 9.16 Å². The topological polar surface area (TPSA) is 42.0 Å². The molecule has 28 heavy (non-hydrogen) atoms. The summed E-state index contributed by atoms with van der Waals surface area (Å²) in [5.74, 6) is 0. The molecule has 0 amide bonds. The zero-order valence-electron chi connectivity index (χ0n) is 17.6. The smallest absolute Gasteiger partial charge is 0.261 e. The van der Waals surface area contributed by atoms with Crippen molar-refractivity contribution < 1.29 is 14.3 Å². The van der Waals surface area contributed by atoms with E-state index in [0.29, 0.717) is 0 Å². The van der Waals surface area contributed by atoms with Crippen LogP contribution in [0.3, 0.4) is 0 Å².